The summed E-state index contributed by atoms with van der Waals surface area (Å²) in [6.45, 7) is 3.14. The smallest absolute Gasteiger partial charge is 0.274 e. The van der Waals surface area contributed by atoms with E-state index in [1.54, 1.807) is 43.5 Å². The van der Waals surface area contributed by atoms with E-state index in [0.717, 1.165) is 37.6 Å². The first-order valence-electron chi connectivity index (χ1n) is 12.4. The van der Waals surface area contributed by atoms with Crippen LogP contribution in [0.25, 0.3) is 12.2 Å². The summed E-state index contributed by atoms with van der Waals surface area (Å²) < 4.78 is 6.73. The first kappa shape index (κ1) is 25.0. The number of hydrogen-bond acceptors (Lipinski definition) is 5. The van der Waals surface area contributed by atoms with E-state index in [4.69, 9.17) is 4.74 Å². The predicted octanol–water partition coefficient (Wildman–Crippen LogP) is 1.82. The molecule has 0 radical (unpaired) electrons. The number of H-pyrrole nitrogens is 1. The highest BCUT2D eigenvalue weighted by molar-refractivity contribution is 6.04. The van der Waals surface area contributed by atoms with Gasteiger partial charge in [-0.3, -0.25) is 14.4 Å². The molecule has 2 heterocycles. The number of rotatable bonds is 5. The fourth-order valence-electron chi connectivity index (χ4n) is 4.33. The van der Waals surface area contributed by atoms with Crippen molar-refractivity contribution in [3.63, 3.8) is 0 Å². The van der Waals surface area contributed by atoms with Crippen molar-refractivity contribution in [1.29, 1.82) is 0 Å². The lowest BCUT2D eigenvalue weighted by atomic mass is 10.1. The third-order valence-electron chi connectivity index (χ3n) is 6.47. The van der Waals surface area contributed by atoms with Gasteiger partial charge in [-0.15, -0.1) is 0 Å². The van der Waals surface area contributed by atoms with Gasteiger partial charge in [0, 0.05) is 37.1 Å². The first-order chi connectivity index (χ1) is 18.5. The minimum absolute atomic E-state index is 0.167. The minimum Gasteiger partial charge on any atom is -0.378 e. The Hall–Kier alpha value is -4.69. The first-order valence-corrected chi connectivity index (χ1v) is 12.4. The zero-order valence-corrected chi connectivity index (χ0v) is 21.0. The maximum atomic E-state index is 12.9. The van der Waals surface area contributed by atoms with Gasteiger partial charge in [-0.2, -0.15) is 0 Å². The highest BCUT2D eigenvalue weighted by Gasteiger charge is 2.12. The summed E-state index contributed by atoms with van der Waals surface area (Å²) in [4.78, 5) is 43.3. The summed E-state index contributed by atoms with van der Waals surface area (Å²) in [5.41, 5.74) is 3.11. The number of nitrogens with zero attached hydrogens (tertiary/aromatic N) is 2. The lowest BCUT2D eigenvalue weighted by Gasteiger charge is -2.28. The summed E-state index contributed by atoms with van der Waals surface area (Å²) in [6, 6.07) is 23.9. The zero-order valence-electron chi connectivity index (χ0n) is 21.0. The molecule has 0 saturated carbocycles. The van der Waals surface area contributed by atoms with Gasteiger partial charge < -0.3 is 24.5 Å². The zero-order chi connectivity index (χ0) is 26.5. The van der Waals surface area contributed by atoms with E-state index in [2.05, 4.69) is 15.2 Å². The number of aromatic nitrogens is 2. The van der Waals surface area contributed by atoms with Crippen LogP contribution in [-0.4, -0.2) is 41.8 Å². The maximum absolute atomic E-state index is 12.9. The van der Waals surface area contributed by atoms with Gasteiger partial charge in [0.1, 0.15) is 10.7 Å². The van der Waals surface area contributed by atoms with Gasteiger partial charge in [0.05, 0.1) is 13.2 Å². The molecule has 1 amide bonds. The van der Waals surface area contributed by atoms with Crippen molar-refractivity contribution in [2.45, 2.75) is 0 Å². The molecule has 192 valence electrons. The van der Waals surface area contributed by atoms with Crippen LogP contribution >= 0.6 is 0 Å². The number of carbonyl (C=O) groups excluding carboxylic acids is 1. The van der Waals surface area contributed by atoms with Gasteiger partial charge in [0.25, 0.3) is 17.0 Å². The maximum Gasteiger partial charge on any atom is 0.274 e. The van der Waals surface area contributed by atoms with E-state index in [9.17, 15) is 14.4 Å². The molecule has 8 heteroatoms. The number of hydrogen-bond donors (Lipinski definition) is 2. The topological polar surface area (TPSA) is 96.4 Å². The van der Waals surface area contributed by atoms with Gasteiger partial charge in [0.15, 0.2) is 0 Å². The van der Waals surface area contributed by atoms with Crippen molar-refractivity contribution >= 4 is 29.4 Å². The molecular weight excluding hydrogens is 480 g/mol. The van der Waals surface area contributed by atoms with Crippen LogP contribution in [0.15, 0.2) is 88.5 Å². The second kappa shape index (κ2) is 11.1. The Kier molecular flexibility index (Phi) is 7.33. The van der Waals surface area contributed by atoms with E-state index < -0.39 is 0 Å². The van der Waals surface area contributed by atoms with Crippen LogP contribution < -0.4 is 32.0 Å². The Balaban J connectivity index is 1.32. The molecule has 1 aliphatic heterocycles. The van der Waals surface area contributed by atoms with Crippen molar-refractivity contribution in [3.8, 4) is 0 Å². The van der Waals surface area contributed by atoms with Crippen LogP contribution in [0.3, 0.4) is 0 Å². The minimum atomic E-state index is -0.363. The predicted molar refractivity (Wildman–Crippen MR) is 149 cm³/mol. The monoisotopic (exact) mass is 508 g/mol. The second-order valence-corrected chi connectivity index (χ2v) is 9.04. The van der Waals surface area contributed by atoms with Gasteiger partial charge in [-0.25, -0.2) is 0 Å². The average Bonchev–Trinajstić information content (AvgIpc) is 2.96. The van der Waals surface area contributed by atoms with Crippen LogP contribution in [0.5, 0.6) is 0 Å². The lowest BCUT2D eigenvalue weighted by molar-refractivity contribution is 0.102. The van der Waals surface area contributed by atoms with E-state index in [0.29, 0.717) is 16.8 Å². The van der Waals surface area contributed by atoms with Crippen molar-refractivity contribution in [3.05, 3.63) is 127 Å². The summed E-state index contributed by atoms with van der Waals surface area (Å²) in [5.74, 6) is -0.235. The largest absolute Gasteiger partial charge is 0.378 e. The summed E-state index contributed by atoms with van der Waals surface area (Å²) in [6.07, 6.45) is 3.27. The molecule has 0 bridgehead atoms. The van der Waals surface area contributed by atoms with E-state index in [-0.39, 0.29) is 27.7 Å². The van der Waals surface area contributed by atoms with E-state index in [1.807, 2.05) is 54.6 Å². The second-order valence-electron chi connectivity index (χ2n) is 9.04. The number of morpholine rings is 1. The highest BCUT2D eigenvalue weighted by atomic mass is 16.5. The molecule has 5 rings (SSSR count). The van der Waals surface area contributed by atoms with Crippen LogP contribution in [0.1, 0.15) is 21.5 Å². The molecule has 3 aromatic carbocycles. The molecule has 2 N–H and O–H groups in total. The third kappa shape index (κ3) is 5.66. The Morgan fingerprint density at radius 2 is 1.53 bits per heavy atom. The summed E-state index contributed by atoms with van der Waals surface area (Å²) >= 11 is 0. The normalized spacial score (nSPS) is 14.5. The standard InChI is InChI=1S/C30H28N4O4/c1-33-27(20-21-5-3-2-4-6-21)29(36)32-26(30(33)37)19-22-7-9-23(10-8-22)28(35)31-24-11-13-25(14-12-24)34-15-17-38-18-16-34/h2-14,19-20H,15-18H2,1H3,(H,31,35)(H,32,36). The number of amides is 1. The number of anilines is 2. The van der Waals surface area contributed by atoms with Crippen molar-refractivity contribution in [2.24, 2.45) is 7.05 Å². The lowest BCUT2D eigenvalue weighted by Crippen LogP contribution is -2.52. The number of ether oxygens (including phenoxy) is 1. The molecule has 0 unspecified atom stereocenters. The Morgan fingerprint density at radius 1 is 0.868 bits per heavy atom. The summed E-state index contributed by atoms with van der Waals surface area (Å²) in [5, 5.41) is 3.34. The van der Waals surface area contributed by atoms with Crippen molar-refractivity contribution < 1.29 is 9.53 Å². The van der Waals surface area contributed by atoms with Gasteiger partial charge in [-0.05, 0) is 59.7 Å². The van der Waals surface area contributed by atoms with Crippen molar-refractivity contribution in [1.82, 2.24) is 9.55 Å². The number of nitrogens with one attached hydrogen (secondary N) is 2. The number of carbonyl (C=O) groups is 1. The Bertz CT molecular complexity index is 1670. The molecule has 38 heavy (non-hydrogen) atoms. The van der Waals surface area contributed by atoms with Gasteiger partial charge >= 0.3 is 0 Å². The van der Waals surface area contributed by atoms with Crippen LogP contribution in [0.4, 0.5) is 11.4 Å². The van der Waals surface area contributed by atoms with E-state index >= 15 is 0 Å². The molecule has 4 aromatic rings. The highest BCUT2D eigenvalue weighted by Crippen LogP contribution is 2.19. The molecule has 1 saturated heterocycles. The van der Waals surface area contributed by atoms with Gasteiger partial charge in [0.2, 0.25) is 0 Å². The average molecular weight is 509 g/mol. The molecule has 0 atom stereocenters. The molecule has 1 aromatic heterocycles. The Labute approximate surface area is 219 Å². The fourth-order valence-corrected chi connectivity index (χ4v) is 4.33. The van der Waals surface area contributed by atoms with Crippen LogP contribution in [-0.2, 0) is 11.8 Å². The van der Waals surface area contributed by atoms with Crippen LogP contribution in [0, 0.1) is 0 Å². The van der Waals surface area contributed by atoms with Crippen molar-refractivity contribution in [2.75, 3.05) is 36.5 Å². The van der Waals surface area contributed by atoms with Crippen LogP contribution in [0.2, 0.25) is 0 Å². The SMILES string of the molecule is Cn1c(=O)c(=Cc2ccc(C(=O)Nc3ccc(N4CCOCC4)cc3)cc2)[nH]c(=O)c1=Cc1ccccc1. The molecular formula is C30H28N4O4. The quantitative estimate of drug-likeness (QED) is 0.429. The van der Waals surface area contributed by atoms with Gasteiger partial charge in [-0.1, -0.05) is 42.5 Å². The summed E-state index contributed by atoms with van der Waals surface area (Å²) in [7, 11) is 1.57. The molecule has 1 aliphatic rings. The number of aromatic amines is 1. The number of benzene rings is 3. The fraction of sp³-hybridized carbons (Fsp3) is 0.167. The molecule has 1 fully saturated rings. The molecule has 0 spiro atoms. The molecule has 8 nitrogen and oxygen atoms in total. The molecule has 0 aliphatic carbocycles. The third-order valence-corrected chi connectivity index (χ3v) is 6.47. The Morgan fingerprint density at radius 3 is 2.21 bits per heavy atom. The van der Waals surface area contributed by atoms with E-state index in [1.165, 1.54) is 4.57 Å².